The molecule has 0 aromatic carbocycles. The van der Waals surface area contributed by atoms with Gasteiger partial charge in [0.15, 0.2) is 0 Å². The first-order valence-corrected chi connectivity index (χ1v) is 5.01. The third-order valence-corrected chi connectivity index (χ3v) is 2.81. The van der Waals surface area contributed by atoms with E-state index in [-0.39, 0.29) is 5.92 Å². The Kier molecular flexibility index (Phi) is 2.27. The Morgan fingerprint density at radius 3 is 3.21 bits per heavy atom. The minimum Gasteiger partial charge on any atom is -0.481 e. The second kappa shape index (κ2) is 3.44. The van der Waals surface area contributed by atoms with Gasteiger partial charge in [-0.05, 0) is 12.8 Å². The summed E-state index contributed by atoms with van der Waals surface area (Å²) < 4.78 is 2.06. The molecule has 1 unspecified atom stereocenters. The molecule has 0 fully saturated rings. The number of fused-ring (bicyclic) bond motifs is 1. The number of aryl methyl sites for hydroxylation is 1. The van der Waals surface area contributed by atoms with E-state index in [9.17, 15) is 4.79 Å². The summed E-state index contributed by atoms with van der Waals surface area (Å²) >= 11 is 0. The van der Waals surface area contributed by atoms with Crippen LogP contribution in [0.2, 0.25) is 0 Å². The summed E-state index contributed by atoms with van der Waals surface area (Å²) in [4.78, 5) is 15.2. The number of carboxylic acid groups (broad SMARTS) is 1. The molecule has 0 amide bonds. The maximum absolute atomic E-state index is 11.0. The van der Waals surface area contributed by atoms with Crippen molar-refractivity contribution in [2.24, 2.45) is 0 Å². The third kappa shape index (κ3) is 1.31. The average molecular weight is 194 g/mol. The van der Waals surface area contributed by atoms with E-state index in [1.54, 1.807) is 6.20 Å². The molecule has 0 bridgehead atoms. The van der Waals surface area contributed by atoms with E-state index in [0.717, 1.165) is 37.3 Å². The summed E-state index contributed by atoms with van der Waals surface area (Å²) in [5.74, 6) is -0.0731. The minimum atomic E-state index is -0.728. The standard InChI is InChI=1S/C10H14N2O2/c1-2-9-11-6-8-7(10(13)14)4-3-5-12(8)9/h6-7H,2-5H2,1H3,(H,13,14). The van der Waals surface area contributed by atoms with Gasteiger partial charge in [0.05, 0.1) is 11.6 Å². The van der Waals surface area contributed by atoms with Crippen molar-refractivity contribution >= 4 is 5.97 Å². The van der Waals surface area contributed by atoms with E-state index in [4.69, 9.17) is 5.11 Å². The van der Waals surface area contributed by atoms with Crippen LogP contribution in [0.3, 0.4) is 0 Å². The Bertz CT molecular complexity index is 357. The van der Waals surface area contributed by atoms with Crippen molar-refractivity contribution in [3.05, 3.63) is 17.7 Å². The smallest absolute Gasteiger partial charge is 0.312 e. The highest BCUT2D eigenvalue weighted by Crippen LogP contribution is 2.28. The molecule has 4 heteroatoms. The summed E-state index contributed by atoms with van der Waals surface area (Å²) in [6.45, 7) is 2.96. The molecule has 1 N–H and O–H groups in total. The minimum absolute atomic E-state index is 0.350. The predicted molar refractivity (Wildman–Crippen MR) is 51.2 cm³/mol. The van der Waals surface area contributed by atoms with Crippen molar-refractivity contribution in [3.8, 4) is 0 Å². The van der Waals surface area contributed by atoms with Gasteiger partial charge in [-0.3, -0.25) is 4.79 Å². The predicted octanol–water partition coefficient (Wildman–Crippen LogP) is 1.41. The van der Waals surface area contributed by atoms with Crippen molar-refractivity contribution in [3.63, 3.8) is 0 Å². The van der Waals surface area contributed by atoms with E-state index in [1.807, 2.05) is 6.92 Å². The van der Waals surface area contributed by atoms with Gasteiger partial charge in [-0.1, -0.05) is 6.92 Å². The molecule has 1 aromatic rings. The Labute approximate surface area is 82.6 Å². The molecule has 0 saturated carbocycles. The molecule has 1 aliphatic rings. The van der Waals surface area contributed by atoms with Crippen LogP contribution < -0.4 is 0 Å². The molecule has 0 radical (unpaired) electrons. The molecular formula is C10H14N2O2. The van der Waals surface area contributed by atoms with Crippen molar-refractivity contribution in [2.45, 2.75) is 38.6 Å². The van der Waals surface area contributed by atoms with Gasteiger partial charge in [0.2, 0.25) is 0 Å². The topological polar surface area (TPSA) is 55.1 Å². The molecular weight excluding hydrogens is 180 g/mol. The van der Waals surface area contributed by atoms with Crippen molar-refractivity contribution in [1.29, 1.82) is 0 Å². The van der Waals surface area contributed by atoms with Crippen LogP contribution in [0.25, 0.3) is 0 Å². The van der Waals surface area contributed by atoms with Crippen LogP contribution in [0.15, 0.2) is 6.20 Å². The summed E-state index contributed by atoms with van der Waals surface area (Å²) in [7, 11) is 0. The molecule has 76 valence electrons. The fourth-order valence-corrected chi connectivity index (χ4v) is 2.10. The van der Waals surface area contributed by atoms with Gasteiger partial charge in [-0.15, -0.1) is 0 Å². The first-order chi connectivity index (χ1) is 6.74. The SMILES string of the molecule is CCc1ncc2n1CCCC2C(=O)O. The fraction of sp³-hybridized carbons (Fsp3) is 0.600. The molecule has 2 heterocycles. The lowest BCUT2D eigenvalue weighted by atomic mass is 9.96. The molecule has 14 heavy (non-hydrogen) atoms. The Morgan fingerprint density at radius 1 is 1.79 bits per heavy atom. The number of rotatable bonds is 2. The van der Waals surface area contributed by atoms with Crippen LogP contribution in [-0.4, -0.2) is 20.6 Å². The van der Waals surface area contributed by atoms with Crippen LogP contribution in [0.1, 0.15) is 37.2 Å². The van der Waals surface area contributed by atoms with E-state index >= 15 is 0 Å². The molecule has 4 nitrogen and oxygen atoms in total. The molecule has 1 atom stereocenters. The quantitative estimate of drug-likeness (QED) is 0.774. The number of nitrogens with zero attached hydrogens (tertiary/aromatic N) is 2. The van der Waals surface area contributed by atoms with Crippen molar-refractivity contribution < 1.29 is 9.90 Å². The zero-order valence-corrected chi connectivity index (χ0v) is 8.23. The Balaban J connectivity index is 2.40. The van der Waals surface area contributed by atoms with Gasteiger partial charge in [0, 0.05) is 19.2 Å². The highest BCUT2D eigenvalue weighted by atomic mass is 16.4. The highest BCUT2D eigenvalue weighted by molar-refractivity contribution is 5.75. The van der Waals surface area contributed by atoms with Gasteiger partial charge >= 0.3 is 5.97 Å². The van der Waals surface area contributed by atoms with Crippen LogP contribution >= 0.6 is 0 Å². The monoisotopic (exact) mass is 194 g/mol. The van der Waals surface area contributed by atoms with Gasteiger partial charge < -0.3 is 9.67 Å². The number of hydrogen-bond donors (Lipinski definition) is 1. The summed E-state index contributed by atoms with van der Waals surface area (Å²) in [5, 5.41) is 9.03. The lowest BCUT2D eigenvalue weighted by Crippen LogP contribution is -2.22. The molecule has 1 aromatic heterocycles. The molecule has 0 spiro atoms. The number of imidazole rings is 1. The fourth-order valence-electron chi connectivity index (χ4n) is 2.10. The Hall–Kier alpha value is -1.32. The Morgan fingerprint density at radius 2 is 2.57 bits per heavy atom. The van der Waals surface area contributed by atoms with Crippen LogP contribution in [0.5, 0.6) is 0 Å². The summed E-state index contributed by atoms with van der Waals surface area (Å²) in [5.41, 5.74) is 0.876. The second-order valence-corrected chi connectivity index (χ2v) is 3.64. The van der Waals surface area contributed by atoms with Gasteiger partial charge in [-0.2, -0.15) is 0 Å². The molecule has 2 rings (SSSR count). The van der Waals surface area contributed by atoms with E-state index in [0.29, 0.717) is 0 Å². The van der Waals surface area contributed by atoms with Crippen LogP contribution in [0.4, 0.5) is 0 Å². The summed E-state index contributed by atoms with van der Waals surface area (Å²) in [6, 6.07) is 0. The van der Waals surface area contributed by atoms with Crippen LogP contribution in [-0.2, 0) is 17.8 Å². The normalized spacial score (nSPS) is 20.5. The maximum atomic E-state index is 11.0. The largest absolute Gasteiger partial charge is 0.481 e. The molecule has 0 saturated heterocycles. The number of aromatic nitrogens is 2. The van der Waals surface area contributed by atoms with Crippen molar-refractivity contribution in [1.82, 2.24) is 9.55 Å². The lowest BCUT2D eigenvalue weighted by molar-refractivity contribution is -0.139. The van der Waals surface area contributed by atoms with Gasteiger partial charge in [0.1, 0.15) is 5.82 Å². The van der Waals surface area contributed by atoms with Crippen LogP contribution in [0, 0.1) is 0 Å². The number of hydrogen-bond acceptors (Lipinski definition) is 2. The third-order valence-electron chi connectivity index (χ3n) is 2.81. The van der Waals surface area contributed by atoms with Gasteiger partial charge in [-0.25, -0.2) is 4.98 Å². The molecule has 1 aliphatic heterocycles. The first-order valence-electron chi connectivity index (χ1n) is 5.01. The van der Waals surface area contributed by atoms with E-state index < -0.39 is 5.97 Å². The zero-order chi connectivity index (χ0) is 10.1. The zero-order valence-electron chi connectivity index (χ0n) is 8.23. The first kappa shape index (κ1) is 9.24. The summed E-state index contributed by atoms with van der Waals surface area (Å²) in [6.07, 6.45) is 4.26. The van der Waals surface area contributed by atoms with Crippen molar-refractivity contribution in [2.75, 3.05) is 0 Å². The van der Waals surface area contributed by atoms with Gasteiger partial charge in [0.25, 0.3) is 0 Å². The van der Waals surface area contributed by atoms with E-state index in [2.05, 4.69) is 9.55 Å². The molecule has 0 aliphatic carbocycles. The lowest BCUT2D eigenvalue weighted by Gasteiger charge is -2.21. The number of aliphatic carboxylic acids is 1. The highest BCUT2D eigenvalue weighted by Gasteiger charge is 2.27. The maximum Gasteiger partial charge on any atom is 0.312 e. The van der Waals surface area contributed by atoms with E-state index in [1.165, 1.54) is 0 Å². The second-order valence-electron chi connectivity index (χ2n) is 3.64. The number of carbonyl (C=O) groups is 1. The number of carboxylic acids is 1. The average Bonchev–Trinajstić information content (AvgIpc) is 2.59.